The van der Waals surface area contributed by atoms with Gasteiger partial charge < -0.3 is 15.0 Å². The van der Waals surface area contributed by atoms with Crippen LogP contribution in [0.4, 0.5) is 0 Å². The lowest BCUT2D eigenvalue weighted by Gasteiger charge is -2.31. The Morgan fingerprint density at radius 1 is 1.40 bits per heavy atom. The normalized spacial score (nSPS) is 16.2. The van der Waals surface area contributed by atoms with Gasteiger partial charge in [-0.1, -0.05) is 19.1 Å². The highest BCUT2D eigenvalue weighted by Gasteiger charge is 2.26. The van der Waals surface area contributed by atoms with Crippen molar-refractivity contribution in [1.29, 1.82) is 0 Å². The maximum absolute atomic E-state index is 9.58. The summed E-state index contributed by atoms with van der Waals surface area (Å²) in [5, 5.41) is 12.8. The minimum Gasteiger partial charge on any atom is -0.394 e. The zero-order valence-corrected chi connectivity index (χ0v) is 12.8. The summed E-state index contributed by atoms with van der Waals surface area (Å²) in [7, 11) is 1.90. The molecule has 2 N–H and O–H groups in total. The largest absolute Gasteiger partial charge is 0.394 e. The molecular formula is C16H25N3O. The number of para-hydroxylation sites is 2. The maximum Gasteiger partial charge on any atom is 0.109 e. The number of benzene rings is 1. The van der Waals surface area contributed by atoms with Gasteiger partial charge in [-0.3, -0.25) is 0 Å². The number of imidazole rings is 1. The molecule has 0 amide bonds. The van der Waals surface area contributed by atoms with Gasteiger partial charge in [-0.2, -0.15) is 0 Å². The quantitative estimate of drug-likeness (QED) is 0.851. The number of aliphatic hydroxyl groups excluding tert-OH is 1. The van der Waals surface area contributed by atoms with Crippen LogP contribution in [0.1, 0.15) is 39.1 Å². The van der Waals surface area contributed by atoms with Gasteiger partial charge in [0.25, 0.3) is 0 Å². The molecule has 2 unspecified atom stereocenters. The van der Waals surface area contributed by atoms with Gasteiger partial charge in [-0.15, -0.1) is 0 Å². The molecule has 0 spiro atoms. The van der Waals surface area contributed by atoms with Crippen molar-refractivity contribution in [3.63, 3.8) is 0 Å². The summed E-state index contributed by atoms with van der Waals surface area (Å²) >= 11 is 0. The van der Waals surface area contributed by atoms with Crippen molar-refractivity contribution >= 4 is 11.0 Å². The second-order valence-corrected chi connectivity index (χ2v) is 5.76. The summed E-state index contributed by atoms with van der Waals surface area (Å²) in [5.41, 5.74) is 1.95. The van der Waals surface area contributed by atoms with Crippen LogP contribution < -0.4 is 5.32 Å². The highest BCUT2D eigenvalue weighted by Crippen LogP contribution is 2.27. The SMILES string of the molecule is CCc1nc2ccccc2n1C(C)CC(C)(CO)NC. The average Bonchev–Trinajstić information content (AvgIpc) is 2.85. The van der Waals surface area contributed by atoms with Gasteiger partial charge in [-0.05, 0) is 39.4 Å². The summed E-state index contributed by atoms with van der Waals surface area (Å²) in [4.78, 5) is 4.71. The number of nitrogens with zero attached hydrogens (tertiary/aromatic N) is 2. The Morgan fingerprint density at radius 2 is 2.10 bits per heavy atom. The summed E-state index contributed by atoms with van der Waals surface area (Å²) < 4.78 is 2.31. The molecule has 2 aromatic rings. The monoisotopic (exact) mass is 275 g/mol. The van der Waals surface area contributed by atoms with Gasteiger partial charge in [0.1, 0.15) is 5.82 Å². The third-order valence-electron chi connectivity index (χ3n) is 4.12. The van der Waals surface area contributed by atoms with Crippen LogP contribution in [-0.4, -0.2) is 33.9 Å². The molecule has 4 heteroatoms. The van der Waals surface area contributed by atoms with E-state index in [4.69, 9.17) is 4.98 Å². The molecule has 0 saturated carbocycles. The summed E-state index contributed by atoms with van der Waals surface area (Å²) in [6.45, 7) is 6.50. The first-order valence-electron chi connectivity index (χ1n) is 7.30. The van der Waals surface area contributed by atoms with Crippen molar-refractivity contribution in [1.82, 2.24) is 14.9 Å². The lowest BCUT2D eigenvalue weighted by molar-refractivity contribution is 0.159. The Kier molecular flexibility index (Phi) is 4.45. The molecule has 20 heavy (non-hydrogen) atoms. The predicted molar refractivity (Wildman–Crippen MR) is 83.0 cm³/mol. The predicted octanol–water partition coefficient (Wildman–Crippen LogP) is 2.52. The summed E-state index contributed by atoms with van der Waals surface area (Å²) in [6.07, 6.45) is 1.77. The highest BCUT2D eigenvalue weighted by molar-refractivity contribution is 5.76. The van der Waals surface area contributed by atoms with E-state index in [9.17, 15) is 5.11 Å². The van der Waals surface area contributed by atoms with Crippen molar-refractivity contribution in [3.8, 4) is 0 Å². The van der Waals surface area contributed by atoms with E-state index in [2.05, 4.69) is 41.9 Å². The van der Waals surface area contributed by atoms with E-state index in [1.54, 1.807) is 0 Å². The zero-order chi connectivity index (χ0) is 14.8. The third kappa shape index (κ3) is 2.72. The van der Waals surface area contributed by atoms with E-state index < -0.39 is 0 Å². The van der Waals surface area contributed by atoms with E-state index in [0.717, 1.165) is 24.2 Å². The fourth-order valence-corrected chi connectivity index (χ4v) is 2.82. The molecule has 1 aromatic heterocycles. The summed E-state index contributed by atoms with van der Waals surface area (Å²) in [5.74, 6) is 1.11. The van der Waals surface area contributed by atoms with Crippen LogP contribution >= 0.6 is 0 Å². The second kappa shape index (κ2) is 5.94. The van der Waals surface area contributed by atoms with Crippen LogP contribution in [0.5, 0.6) is 0 Å². The molecule has 110 valence electrons. The molecule has 0 saturated heterocycles. The molecule has 0 fully saturated rings. The number of hydrogen-bond donors (Lipinski definition) is 2. The van der Waals surface area contributed by atoms with Crippen LogP contribution in [0.15, 0.2) is 24.3 Å². The maximum atomic E-state index is 9.58. The molecular weight excluding hydrogens is 250 g/mol. The number of rotatable bonds is 6. The van der Waals surface area contributed by atoms with Gasteiger partial charge in [-0.25, -0.2) is 4.98 Å². The number of hydrogen-bond acceptors (Lipinski definition) is 3. The minimum atomic E-state index is -0.268. The van der Waals surface area contributed by atoms with Crippen molar-refractivity contribution in [2.45, 2.75) is 45.2 Å². The Morgan fingerprint density at radius 3 is 2.70 bits per heavy atom. The molecule has 0 radical (unpaired) electrons. The molecule has 2 rings (SSSR count). The van der Waals surface area contributed by atoms with Crippen molar-refractivity contribution in [2.75, 3.05) is 13.7 Å². The molecule has 0 aliphatic carbocycles. The number of aliphatic hydroxyl groups is 1. The molecule has 0 bridgehead atoms. The fourth-order valence-electron chi connectivity index (χ4n) is 2.82. The van der Waals surface area contributed by atoms with Crippen LogP contribution in [0.25, 0.3) is 11.0 Å². The van der Waals surface area contributed by atoms with Gasteiger partial charge in [0.2, 0.25) is 0 Å². The molecule has 0 aliphatic heterocycles. The smallest absolute Gasteiger partial charge is 0.109 e. The van der Waals surface area contributed by atoms with Crippen molar-refractivity contribution in [3.05, 3.63) is 30.1 Å². The number of aryl methyl sites for hydroxylation is 1. The van der Waals surface area contributed by atoms with Gasteiger partial charge in [0, 0.05) is 18.0 Å². The number of likely N-dealkylation sites (N-methyl/N-ethyl adjacent to an activating group) is 1. The molecule has 1 aromatic carbocycles. The van der Waals surface area contributed by atoms with E-state index in [1.165, 1.54) is 5.52 Å². The average molecular weight is 275 g/mol. The third-order valence-corrected chi connectivity index (χ3v) is 4.12. The Bertz CT molecular complexity index is 572. The van der Waals surface area contributed by atoms with Crippen molar-refractivity contribution < 1.29 is 5.11 Å². The number of fused-ring (bicyclic) bond motifs is 1. The standard InChI is InChI=1S/C16H25N3O/c1-5-15-18-13-8-6-7-9-14(13)19(15)12(2)10-16(3,11-20)17-4/h6-9,12,17,20H,5,10-11H2,1-4H3. The van der Waals surface area contributed by atoms with Crippen LogP contribution in [0, 0.1) is 0 Å². The Hall–Kier alpha value is -1.39. The number of nitrogens with one attached hydrogen (secondary N) is 1. The molecule has 2 atom stereocenters. The van der Waals surface area contributed by atoms with Gasteiger partial charge in [0.15, 0.2) is 0 Å². The molecule has 0 aliphatic rings. The van der Waals surface area contributed by atoms with E-state index in [-0.39, 0.29) is 18.2 Å². The first-order chi connectivity index (χ1) is 9.54. The molecule has 1 heterocycles. The first kappa shape index (κ1) is 15.0. The second-order valence-electron chi connectivity index (χ2n) is 5.76. The van der Waals surface area contributed by atoms with E-state index in [0.29, 0.717) is 0 Å². The Labute approximate surface area is 120 Å². The lowest BCUT2D eigenvalue weighted by atomic mass is 9.94. The first-order valence-corrected chi connectivity index (χ1v) is 7.30. The molecule has 4 nitrogen and oxygen atoms in total. The van der Waals surface area contributed by atoms with Gasteiger partial charge in [0.05, 0.1) is 17.6 Å². The highest BCUT2D eigenvalue weighted by atomic mass is 16.3. The minimum absolute atomic E-state index is 0.127. The van der Waals surface area contributed by atoms with E-state index >= 15 is 0 Å². The zero-order valence-electron chi connectivity index (χ0n) is 12.8. The lowest BCUT2D eigenvalue weighted by Crippen LogP contribution is -2.45. The van der Waals surface area contributed by atoms with Crippen LogP contribution in [0.2, 0.25) is 0 Å². The van der Waals surface area contributed by atoms with Crippen molar-refractivity contribution in [2.24, 2.45) is 0 Å². The van der Waals surface area contributed by atoms with E-state index in [1.807, 2.05) is 20.0 Å². The topological polar surface area (TPSA) is 50.1 Å². The Balaban J connectivity index is 2.40. The van der Waals surface area contributed by atoms with Crippen LogP contribution in [0.3, 0.4) is 0 Å². The number of aromatic nitrogens is 2. The fraction of sp³-hybridized carbons (Fsp3) is 0.562. The summed E-state index contributed by atoms with van der Waals surface area (Å²) in [6, 6.07) is 8.53. The van der Waals surface area contributed by atoms with Crippen LogP contribution in [-0.2, 0) is 6.42 Å². The van der Waals surface area contributed by atoms with Gasteiger partial charge >= 0.3 is 0 Å².